The number of ether oxygens (including phenoxy) is 2. The van der Waals surface area contributed by atoms with Crippen molar-refractivity contribution in [2.24, 2.45) is 0 Å². The maximum Gasteiger partial charge on any atom is 0.379 e. The van der Waals surface area contributed by atoms with E-state index in [4.69, 9.17) is 13.9 Å². The molecule has 0 bridgehead atoms. The third kappa shape index (κ3) is 4.52. The third-order valence-corrected chi connectivity index (χ3v) is 3.88. The number of esters is 1. The van der Waals surface area contributed by atoms with Crippen molar-refractivity contribution in [3.8, 4) is 11.5 Å². The second-order valence-electron chi connectivity index (χ2n) is 5.84. The molecule has 0 spiro atoms. The molecular weight excluding hydrogens is 344 g/mol. The first kappa shape index (κ1) is 18.2. The fraction of sp³-hybridized carbons (Fsp3) is 0.0909. The van der Waals surface area contributed by atoms with Gasteiger partial charge in [0.1, 0.15) is 11.5 Å². The number of furan rings is 1. The van der Waals surface area contributed by atoms with Crippen LogP contribution < -0.4 is 9.47 Å². The molecule has 0 atom stereocenters. The molecule has 0 radical (unpaired) electrons. The Labute approximate surface area is 156 Å². The molecule has 0 aliphatic rings. The maximum atomic E-state index is 12.6. The number of carbonyl (C=O) groups is 2. The second kappa shape index (κ2) is 8.19. The zero-order chi connectivity index (χ0) is 19.2. The predicted octanol–water partition coefficient (Wildman–Crippen LogP) is 4.71. The molecule has 0 unspecified atom stereocenters. The SMILES string of the molecule is COc1ccc(C(=O)C=Cc2ccc(C)cc2)c(OC(=O)c2ccco2)c1. The number of hydrogen-bond acceptors (Lipinski definition) is 5. The Bertz CT molecular complexity index is 966. The summed E-state index contributed by atoms with van der Waals surface area (Å²) in [6.45, 7) is 2.00. The first-order valence-electron chi connectivity index (χ1n) is 8.29. The zero-order valence-electron chi connectivity index (χ0n) is 15.0. The molecule has 0 aliphatic heterocycles. The molecule has 5 nitrogen and oxygen atoms in total. The first-order valence-corrected chi connectivity index (χ1v) is 8.29. The van der Waals surface area contributed by atoms with Crippen LogP contribution in [-0.4, -0.2) is 18.9 Å². The fourth-order valence-corrected chi connectivity index (χ4v) is 2.40. The molecule has 1 heterocycles. The van der Waals surface area contributed by atoms with Crippen molar-refractivity contribution in [1.82, 2.24) is 0 Å². The summed E-state index contributed by atoms with van der Waals surface area (Å²) in [5.74, 6) is -0.359. The van der Waals surface area contributed by atoms with Crippen LogP contribution in [0.5, 0.6) is 11.5 Å². The first-order chi connectivity index (χ1) is 13.1. The zero-order valence-corrected chi connectivity index (χ0v) is 15.0. The van der Waals surface area contributed by atoms with Gasteiger partial charge in [-0.25, -0.2) is 4.79 Å². The van der Waals surface area contributed by atoms with Crippen molar-refractivity contribution in [2.75, 3.05) is 7.11 Å². The maximum absolute atomic E-state index is 12.6. The van der Waals surface area contributed by atoms with Gasteiger partial charge in [-0.2, -0.15) is 0 Å². The highest BCUT2D eigenvalue weighted by molar-refractivity contribution is 6.09. The Balaban J connectivity index is 1.86. The van der Waals surface area contributed by atoms with Gasteiger partial charge < -0.3 is 13.9 Å². The Hall–Kier alpha value is -3.60. The van der Waals surface area contributed by atoms with Gasteiger partial charge in [-0.3, -0.25) is 4.79 Å². The molecule has 0 amide bonds. The van der Waals surface area contributed by atoms with Gasteiger partial charge in [-0.1, -0.05) is 35.9 Å². The van der Waals surface area contributed by atoms with Crippen molar-refractivity contribution >= 4 is 17.8 Å². The summed E-state index contributed by atoms with van der Waals surface area (Å²) in [6, 6.07) is 15.5. The smallest absolute Gasteiger partial charge is 0.379 e. The largest absolute Gasteiger partial charge is 0.497 e. The predicted molar refractivity (Wildman–Crippen MR) is 101 cm³/mol. The molecule has 5 heteroatoms. The van der Waals surface area contributed by atoms with E-state index in [9.17, 15) is 9.59 Å². The number of benzene rings is 2. The molecule has 0 saturated carbocycles. The Kier molecular flexibility index (Phi) is 5.52. The van der Waals surface area contributed by atoms with Crippen LogP contribution in [-0.2, 0) is 0 Å². The quantitative estimate of drug-likeness (QED) is 0.275. The summed E-state index contributed by atoms with van der Waals surface area (Å²) < 4.78 is 15.5. The number of allylic oxidation sites excluding steroid dienone is 1. The highest BCUT2D eigenvalue weighted by Gasteiger charge is 2.17. The number of aryl methyl sites for hydroxylation is 1. The lowest BCUT2D eigenvalue weighted by molar-refractivity contribution is 0.0699. The number of carbonyl (C=O) groups excluding carboxylic acids is 2. The van der Waals surface area contributed by atoms with Gasteiger partial charge in [0.05, 0.1) is 18.9 Å². The van der Waals surface area contributed by atoms with Gasteiger partial charge in [0.25, 0.3) is 0 Å². The van der Waals surface area contributed by atoms with Crippen LogP contribution in [0.2, 0.25) is 0 Å². The summed E-state index contributed by atoms with van der Waals surface area (Å²) in [7, 11) is 1.49. The van der Waals surface area contributed by atoms with E-state index in [2.05, 4.69) is 0 Å². The Morgan fingerprint density at radius 2 is 1.81 bits per heavy atom. The van der Waals surface area contributed by atoms with E-state index in [1.54, 1.807) is 24.3 Å². The average molecular weight is 362 g/mol. The van der Waals surface area contributed by atoms with Crippen molar-refractivity contribution in [3.05, 3.63) is 89.4 Å². The highest BCUT2D eigenvalue weighted by Crippen LogP contribution is 2.27. The minimum absolute atomic E-state index is 0.0476. The second-order valence-corrected chi connectivity index (χ2v) is 5.84. The van der Waals surface area contributed by atoms with E-state index in [0.717, 1.165) is 11.1 Å². The van der Waals surface area contributed by atoms with Crippen LogP contribution >= 0.6 is 0 Å². The molecule has 0 fully saturated rings. The highest BCUT2D eigenvalue weighted by atomic mass is 16.5. The minimum Gasteiger partial charge on any atom is -0.497 e. The molecule has 1 aromatic heterocycles. The molecule has 3 aromatic rings. The van der Waals surface area contributed by atoms with Gasteiger partial charge in [-0.15, -0.1) is 0 Å². The third-order valence-electron chi connectivity index (χ3n) is 3.88. The number of methoxy groups -OCH3 is 1. The van der Waals surface area contributed by atoms with E-state index in [1.807, 2.05) is 31.2 Å². The van der Waals surface area contributed by atoms with Gasteiger partial charge in [-0.05, 0) is 42.8 Å². The lowest BCUT2D eigenvalue weighted by atomic mass is 10.1. The summed E-state index contributed by atoms with van der Waals surface area (Å²) >= 11 is 0. The van der Waals surface area contributed by atoms with Crippen molar-refractivity contribution in [1.29, 1.82) is 0 Å². The molecular formula is C22H18O5. The molecule has 136 valence electrons. The monoisotopic (exact) mass is 362 g/mol. The lowest BCUT2D eigenvalue weighted by Crippen LogP contribution is -2.10. The number of hydrogen-bond donors (Lipinski definition) is 0. The van der Waals surface area contributed by atoms with Gasteiger partial charge in [0.15, 0.2) is 5.78 Å². The van der Waals surface area contributed by atoms with Crippen molar-refractivity contribution < 1.29 is 23.5 Å². The van der Waals surface area contributed by atoms with Crippen LogP contribution in [0.3, 0.4) is 0 Å². The Morgan fingerprint density at radius 3 is 2.48 bits per heavy atom. The van der Waals surface area contributed by atoms with Crippen LogP contribution in [0.4, 0.5) is 0 Å². The van der Waals surface area contributed by atoms with Crippen LogP contribution in [0.1, 0.15) is 32.0 Å². The van der Waals surface area contributed by atoms with Crippen LogP contribution in [0, 0.1) is 6.92 Å². The van der Waals surface area contributed by atoms with Gasteiger partial charge in [0.2, 0.25) is 5.76 Å². The van der Waals surface area contributed by atoms with E-state index >= 15 is 0 Å². The van der Waals surface area contributed by atoms with Crippen molar-refractivity contribution in [2.45, 2.75) is 6.92 Å². The van der Waals surface area contributed by atoms with E-state index in [0.29, 0.717) is 5.75 Å². The summed E-state index contributed by atoms with van der Waals surface area (Å²) in [6.07, 6.45) is 4.53. The van der Waals surface area contributed by atoms with E-state index in [1.165, 1.54) is 31.6 Å². The van der Waals surface area contributed by atoms with Crippen molar-refractivity contribution in [3.63, 3.8) is 0 Å². The standard InChI is InChI=1S/C22H18O5/c1-15-5-7-16(8-6-15)9-12-19(23)18-11-10-17(25-2)14-21(18)27-22(24)20-4-3-13-26-20/h3-14H,1-2H3. The minimum atomic E-state index is -0.690. The number of ketones is 1. The van der Waals surface area contributed by atoms with Gasteiger partial charge in [0, 0.05) is 6.07 Å². The molecule has 2 aromatic carbocycles. The fourth-order valence-electron chi connectivity index (χ4n) is 2.40. The normalized spacial score (nSPS) is 10.7. The van der Waals surface area contributed by atoms with E-state index < -0.39 is 5.97 Å². The van der Waals surface area contributed by atoms with Crippen LogP contribution in [0.15, 0.2) is 71.4 Å². The molecule has 0 saturated heterocycles. The number of rotatable bonds is 6. The summed E-state index contributed by atoms with van der Waals surface area (Å²) in [4.78, 5) is 24.8. The lowest BCUT2D eigenvalue weighted by Gasteiger charge is -2.09. The van der Waals surface area contributed by atoms with Crippen LogP contribution in [0.25, 0.3) is 6.08 Å². The summed E-state index contributed by atoms with van der Waals surface area (Å²) in [5.41, 5.74) is 2.29. The average Bonchev–Trinajstić information content (AvgIpc) is 3.22. The topological polar surface area (TPSA) is 65.7 Å². The van der Waals surface area contributed by atoms with E-state index in [-0.39, 0.29) is 22.9 Å². The molecule has 0 aliphatic carbocycles. The molecule has 27 heavy (non-hydrogen) atoms. The molecule has 3 rings (SSSR count). The molecule has 0 N–H and O–H groups in total. The summed E-state index contributed by atoms with van der Waals surface area (Å²) in [5, 5.41) is 0. The van der Waals surface area contributed by atoms with Gasteiger partial charge >= 0.3 is 5.97 Å². The Morgan fingerprint density at radius 1 is 1.04 bits per heavy atom.